The number of hydrogen-bond acceptors (Lipinski definition) is 4. The van der Waals surface area contributed by atoms with Crippen LogP contribution in [0.1, 0.15) is 28.4 Å². The van der Waals surface area contributed by atoms with Crippen molar-refractivity contribution in [2.75, 3.05) is 0 Å². The first-order valence-corrected chi connectivity index (χ1v) is 11.2. The minimum Gasteiger partial charge on any atom is -0.484 e. The molecule has 0 N–H and O–H groups in total. The Morgan fingerprint density at radius 2 is 1.44 bits per heavy atom. The molecule has 0 amide bonds. The molecule has 2 heterocycles. The molecule has 0 saturated heterocycles. The maximum Gasteiger partial charge on any atom is 0.193 e. The highest BCUT2D eigenvalue weighted by Crippen LogP contribution is 2.38. The van der Waals surface area contributed by atoms with Gasteiger partial charge in [0, 0.05) is 11.6 Å². The van der Waals surface area contributed by atoms with E-state index in [1.54, 1.807) is 12.1 Å². The maximum atomic E-state index is 12.8. The zero-order valence-corrected chi connectivity index (χ0v) is 18.2. The summed E-state index contributed by atoms with van der Waals surface area (Å²) >= 11 is 0. The first-order chi connectivity index (χ1) is 16.7. The molecule has 1 unspecified atom stereocenters. The van der Waals surface area contributed by atoms with Crippen LogP contribution in [0.2, 0.25) is 0 Å². The van der Waals surface area contributed by atoms with Gasteiger partial charge in [-0.2, -0.15) is 0 Å². The Balaban J connectivity index is 1.38. The van der Waals surface area contributed by atoms with Gasteiger partial charge in [-0.3, -0.25) is 9.59 Å². The number of fused-ring (bicyclic) bond motifs is 2. The number of para-hydroxylation sites is 1. The second kappa shape index (κ2) is 8.16. The Labute approximate surface area is 196 Å². The van der Waals surface area contributed by atoms with Crippen LogP contribution in [0.25, 0.3) is 33.4 Å². The Kier molecular flexibility index (Phi) is 4.84. The van der Waals surface area contributed by atoms with Crippen molar-refractivity contribution in [3.8, 4) is 28.2 Å². The summed E-state index contributed by atoms with van der Waals surface area (Å²) in [6.45, 7) is 0. The molecule has 0 radical (unpaired) electrons. The van der Waals surface area contributed by atoms with E-state index >= 15 is 0 Å². The van der Waals surface area contributed by atoms with Crippen LogP contribution in [0.4, 0.5) is 0 Å². The summed E-state index contributed by atoms with van der Waals surface area (Å²) in [7, 11) is 0. The van der Waals surface area contributed by atoms with Crippen molar-refractivity contribution in [2.45, 2.75) is 12.5 Å². The lowest BCUT2D eigenvalue weighted by atomic mass is 9.93. The second-order valence-electron chi connectivity index (χ2n) is 8.41. The van der Waals surface area contributed by atoms with Crippen molar-refractivity contribution in [3.05, 3.63) is 124 Å². The zero-order valence-electron chi connectivity index (χ0n) is 18.2. The molecule has 34 heavy (non-hydrogen) atoms. The van der Waals surface area contributed by atoms with Crippen molar-refractivity contribution in [3.63, 3.8) is 0 Å². The van der Waals surface area contributed by atoms with Crippen molar-refractivity contribution in [1.29, 1.82) is 0 Å². The first-order valence-electron chi connectivity index (χ1n) is 11.2. The Morgan fingerprint density at radius 3 is 2.32 bits per heavy atom. The van der Waals surface area contributed by atoms with Gasteiger partial charge in [-0.05, 0) is 47.0 Å². The number of hydrogen-bond donors (Lipinski definition) is 0. The number of rotatable bonds is 3. The fraction of sp³-hybridized carbons (Fsp3) is 0.0667. The van der Waals surface area contributed by atoms with E-state index in [4.69, 9.17) is 9.15 Å². The number of ketones is 1. The predicted molar refractivity (Wildman–Crippen MR) is 132 cm³/mol. The first kappa shape index (κ1) is 20.2. The lowest BCUT2D eigenvalue weighted by molar-refractivity contribution is 0.0850. The van der Waals surface area contributed by atoms with Crippen LogP contribution in [0.15, 0.2) is 112 Å². The molecule has 0 fully saturated rings. The summed E-state index contributed by atoms with van der Waals surface area (Å²) in [5.41, 5.74) is 4.74. The number of Topliss-reactive ketones (excluding diaryl/α,β-unsaturated/α-hetero) is 1. The summed E-state index contributed by atoms with van der Waals surface area (Å²) in [6, 6.07) is 32.1. The number of carbonyl (C=O) groups is 1. The topological polar surface area (TPSA) is 56.5 Å². The molecular weight excluding hydrogens is 424 g/mol. The van der Waals surface area contributed by atoms with Crippen molar-refractivity contribution >= 4 is 16.8 Å². The molecule has 1 atom stereocenters. The lowest BCUT2D eigenvalue weighted by Crippen LogP contribution is -2.20. The molecule has 1 aromatic heterocycles. The van der Waals surface area contributed by atoms with Crippen molar-refractivity contribution < 1.29 is 13.9 Å². The molecule has 1 aliphatic rings. The molecule has 0 bridgehead atoms. The van der Waals surface area contributed by atoms with E-state index in [1.165, 1.54) is 6.07 Å². The van der Waals surface area contributed by atoms with E-state index in [9.17, 15) is 9.59 Å². The van der Waals surface area contributed by atoms with Gasteiger partial charge in [0.1, 0.15) is 23.2 Å². The molecule has 4 nitrogen and oxygen atoms in total. The van der Waals surface area contributed by atoms with E-state index in [2.05, 4.69) is 0 Å². The van der Waals surface area contributed by atoms with Crippen LogP contribution in [0, 0.1) is 0 Å². The number of carbonyl (C=O) groups excluding carboxylic acids is 1. The monoisotopic (exact) mass is 444 g/mol. The predicted octanol–water partition coefficient (Wildman–Crippen LogP) is 6.83. The molecule has 4 heteroatoms. The molecule has 1 aliphatic heterocycles. The minimum absolute atomic E-state index is 0.0742. The van der Waals surface area contributed by atoms with Crippen LogP contribution in [0.3, 0.4) is 0 Å². The van der Waals surface area contributed by atoms with Gasteiger partial charge in [-0.25, -0.2) is 0 Å². The van der Waals surface area contributed by atoms with Gasteiger partial charge in [0.2, 0.25) is 0 Å². The zero-order chi connectivity index (χ0) is 23.1. The van der Waals surface area contributed by atoms with E-state index in [-0.39, 0.29) is 17.3 Å². The fourth-order valence-corrected chi connectivity index (χ4v) is 4.45. The maximum absolute atomic E-state index is 12.8. The summed E-state index contributed by atoms with van der Waals surface area (Å²) in [4.78, 5) is 25.3. The molecule has 0 spiro atoms. The molecule has 0 saturated carbocycles. The number of benzene rings is 4. The van der Waals surface area contributed by atoms with Crippen LogP contribution in [-0.4, -0.2) is 5.78 Å². The van der Waals surface area contributed by atoms with Gasteiger partial charge in [0.25, 0.3) is 0 Å². The Morgan fingerprint density at radius 1 is 0.676 bits per heavy atom. The molecule has 4 aromatic carbocycles. The van der Waals surface area contributed by atoms with Crippen LogP contribution in [-0.2, 0) is 0 Å². The third-order valence-electron chi connectivity index (χ3n) is 6.21. The van der Waals surface area contributed by atoms with Gasteiger partial charge < -0.3 is 9.15 Å². The van der Waals surface area contributed by atoms with E-state index in [0.29, 0.717) is 34.5 Å². The summed E-state index contributed by atoms with van der Waals surface area (Å²) in [5.74, 6) is 1.18. The van der Waals surface area contributed by atoms with Crippen LogP contribution >= 0.6 is 0 Å². The summed E-state index contributed by atoms with van der Waals surface area (Å²) in [5, 5.41) is 0.562. The van der Waals surface area contributed by atoms with E-state index < -0.39 is 0 Å². The van der Waals surface area contributed by atoms with Gasteiger partial charge in [-0.1, -0.05) is 66.7 Å². The smallest absolute Gasteiger partial charge is 0.193 e. The SMILES string of the molecule is O=C1CC(c2ccccc2)Oc2cc(-c3cccc(-c4cc(=O)c5ccccc5o4)c3)ccc21. The van der Waals surface area contributed by atoms with E-state index in [0.717, 1.165) is 22.3 Å². The van der Waals surface area contributed by atoms with E-state index in [1.807, 2.05) is 84.9 Å². The third-order valence-corrected chi connectivity index (χ3v) is 6.21. The molecule has 164 valence electrons. The third kappa shape index (κ3) is 3.59. The van der Waals surface area contributed by atoms with Crippen LogP contribution in [0.5, 0.6) is 5.75 Å². The quantitative estimate of drug-likeness (QED) is 0.306. The van der Waals surface area contributed by atoms with Gasteiger partial charge >= 0.3 is 0 Å². The highest BCUT2D eigenvalue weighted by molar-refractivity contribution is 6.00. The Hall–Kier alpha value is -4.44. The van der Waals surface area contributed by atoms with Gasteiger partial charge in [-0.15, -0.1) is 0 Å². The summed E-state index contributed by atoms with van der Waals surface area (Å²) in [6.07, 6.45) is 0.0296. The lowest BCUT2D eigenvalue weighted by Gasteiger charge is -2.26. The number of ether oxygens (including phenoxy) is 1. The second-order valence-corrected chi connectivity index (χ2v) is 8.41. The molecule has 6 rings (SSSR count). The van der Waals surface area contributed by atoms with Gasteiger partial charge in [0.05, 0.1) is 17.4 Å². The average molecular weight is 444 g/mol. The van der Waals surface area contributed by atoms with Crippen molar-refractivity contribution in [1.82, 2.24) is 0 Å². The minimum atomic E-state index is -0.297. The molecular formula is C30H20O4. The fourth-order valence-electron chi connectivity index (χ4n) is 4.45. The Bertz CT molecular complexity index is 1600. The van der Waals surface area contributed by atoms with Crippen molar-refractivity contribution in [2.24, 2.45) is 0 Å². The standard InChI is InChI=1S/C30H20O4/c31-25-18-29(33-27-12-5-4-11-23(25)27)22-10-6-9-20(15-22)21-13-14-24-26(32)17-28(34-30(24)16-21)19-7-2-1-3-8-19/h1-16,18,28H,17H2. The summed E-state index contributed by atoms with van der Waals surface area (Å²) < 4.78 is 12.3. The highest BCUT2D eigenvalue weighted by Gasteiger charge is 2.27. The van der Waals surface area contributed by atoms with Crippen LogP contribution < -0.4 is 10.2 Å². The molecule has 5 aromatic rings. The average Bonchev–Trinajstić information content (AvgIpc) is 2.89. The highest BCUT2D eigenvalue weighted by atomic mass is 16.5. The van der Waals surface area contributed by atoms with Gasteiger partial charge in [0.15, 0.2) is 11.2 Å². The largest absolute Gasteiger partial charge is 0.484 e. The normalized spacial score (nSPS) is 15.1. The molecule has 0 aliphatic carbocycles.